The summed E-state index contributed by atoms with van der Waals surface area (Å²) in [4.78, 5) is 9.01. The van der Waals surface area contributed by atoms with Gasteiger partial charge in [0.15, 0.2) is 0 Å². The first-order valence-electron chi connectivity index (χ1n) is 5.41. The SMILES string of the molecule is Clc1ccc(-c2cnc3cc(Br)ccc3n2)cc1. The first-order chi connectivity index (χ1) is 8.72. The van der Waals surface area contributed by atoms with Crippen LogP contribution in [0, 0.1) is 0 Å². The zero-order chi connectivity index (χ0) is 12.5. The quantitative estimate of drug-likeness (QED) is 0.649. The van der Waals surface area contributed by atoms with Gasteiger partial charge in [-0.1, -0.05) is 39.7 Å². The summed E-state index contributed by atoms with van der Waals surface area (Å²) in [5.41, 5.74) is 3.62. The van der Waals surface area contributed by atoms with Crippen molar-refractivity contribution in [2.45, 2.75) is 0 Å². The lowest BCUT2D eigenvalue weighted by Crippen LogP contribution is -1.88. The van der Waals surface area contributed by atoms with E-state index < -0.39 is 0 Å². The zero-order valence-electron chi connectivity index (χ0n) is 9.27. The van der Waals surface area contributed by atoms with Gasteiger partial charge in [-0.3, -0.25) is 4.98 Å². The minimum Gasteiger partial charge on any atom is -0.252 e. The molecule has 0 fully saturated rings. The molecule has 0 N–H and O–H groups in total. The van der Waals surface area contributed by atoms with Gasteiger partial charge in [0.2, 0.25) is 0 Å². The van der Waals surface area contributed by atoms with E-state index in [4.69, 9.17) is 11.6 Å². The minimum absolute atomic E-state index is 0.719. The van der Waals surface area contributed by atoms with Gasteiger partial charge in [0, 0.05) is 15.1 Å². The van der Waals surface area contributed by atoms with Crippen LogP contribution in [0.4, 0.5) is 0 Å². The van der Waals surface area contributed by atoms with Crippen LogP contribution in [0.15, 0.2) is 53.1 Å². The van der Waals surface area contributed by atoms with Crippen molar-refractivity contribution in [3.05, 3.63) is 58.2 Å². The van der Waals surface area contributed by atoms with Crippen LogP contribution < -0.4 is 0 Å². The molecule has 3 aromatic rings. The van der Waals surface area contributed by atoms with Crippen LogP contribution in [0.3, 0.4) is 0 Å². The highest BCUT2D eigenvalue weighted by molar-refractivity contribution is 9.10. The van der Waals surface area contributed by atoms with Crippen molar-refractivity contribution in [1.82, 2.24) is 9.97 Å². The molecule has 0 amide bonds. The third-order valence-corrected chi connectivity index (χ3v) is 3.39. The normalized spacial score (nSPS) is 10.8. The van der Waals surface area contributed by atoms with E-state index in [0.29, 0.717) is 0 Å². The van der Waals surface area contributed by atoms with Crippen molar-refractivity contribution in [3.8, 4) is 11.3 Å². The van der Waals surface area contributed by atoms with Crippen LogP contribution in [-0.2, 0) is 0 Å². The van der Waals surface area contributed by atoms with Gasteiger partial charge in [-0.2, -0.15) is 0 Å². The molecule has 0 saturated carbocycles. The number of fused-ring (bicyclic) bond motifs is 1. The van der Waals surface area contributed by atoms with E-state index in [2.05, 4.69) is 25.9 Å². The van der Waals surface area contributed by atoms with E-state index in [1.807, 2.05) is 42.5 Å². The van der Waals surface area contributed by atoms with E-state index in [1.54, 1.807) is 6.20 Å². The van der Waals surface area contributed by atoms with Gasteiger partial charge in [0.1, 0.15) is 0 Å². The largest absolute Gasteiger partial charge is 0.252 e. The van der Waals surface area contributed by atoms with Crippen LogP contribution in [0.25, 0.3) is 22.3 Å². The Labute approximate surface area is 118 Å². The summed E-state index contributed by atoms with van der Waals surface area (Å²) in [6, 6.07) is 13.4. The molecule has 0 radical (unpaired) electrons. The lowest BCUT2D eigenvalue weighted by molar-refractivity contribution is 1.29. The molecular weight excluding hydrogens is 312 g/mol. The summed E-state index contributed by atoms with van der Waals surface area (Å²) in [6.45, 7) is 0. The standard InChI is InChI=1S/C14H8BrClN2/c15-10-3-6-12-13(7-10)17-8-14(18-12)9-1-4-11(16)5-2-9/h1-8H. The zero-order valence-corrected chi connectivity index (χ0v) is 11.6. The molecule has 0 saturated heterocycles. The molecule has 2 nitrogen and oxygen atoms in total. The molecule has 4 heteroatoms. The summed E-state index contributed by atoms with van der Waals surface area (Å²) in [7, 11) is 0. The first kappa shape index (κ1) is 11.6. The van der Waals surface area contributed by atoms with Crippen molar-refractivity contribution in [2.75, 3.05) is 0 Å². The second kappa shape index (κ2) is 4.67. The lowest BCUT2D eigenvalue weighted by atomic mass is 10.1. The van der Waals surface area contributed by atoms with Crippen molar-refractivity contribution in [3.63, 3.8) is 0 Å². The predicted molar refractivity (Wildman–Crippen MR) is 77.7 cm³/mol. The first-order valence-corrected chi connectivity index (χ1v) is 6.58. The molecule has 88 valence electrons. The molecule has 0 aliphatic carbocycles. The molecule has 18 heavy (non-hydrogen) atoms. The third kappa shape index (κ3) is 2.24. The van der Waals surface area contributed by atoms with Crippen LogP contribution in [0.5, 0.6) is 0 Å². The molecular formula is C14H8BrClN2. The lowest BCUT2D eigenvalue weighted by Gasteiger charge is -2.03. The summed E-state index contributed by atoms with van der Waals surface area (Å²) < 4.78 is 1.00. The summed E-state index contributed by atoms with van der Waals surface area (Å²) in [6.07, 6.45) is 1.78. The topological polar surface area (TPSA) is 25.8 Å². The van der Waals surface area contributed by atoms with Crippen molar-refractivity contribution >= 4 is 38.6 Å². The maximum Gasteiger partial charge on any atom is 0.0898 e. The molecule has 1 heterocycles. The molecule has 0 spiro atoms. The fourth-order valence-electron chi connectivity index (χ4n) is 1.74. The van der Waals surface area contributed by atoms with E-state index in [-0.39, 0.29) is 0 Å². The molecule has 0 bridgehead atoms. The fraction of sp³-hybridized carbons (Fsp3) is 0. The molecule has 1 aromatic heterocycles. The molecule has 0 atom stereocenters. The summed E-state index contributed by atoms with van der Waals surface area (Å²) in [5.74, 6) is 0. The maximum absolute atomic E-state index is 5.87. The van der Waals surface area contributed by atoms with Gasteiger partial charge in [-0.25, -0.2) is 4.98 Å². The number of halogens is 2. The monoisotopic (exact) mass is 318 g/mol. The van der Waals surface area contributed by atoms with Crippen LogP contribution in [0.2, 0.25) is 5.02 Å². The number of nitrogens with zero attached hydrogens (tertiary/aromatic N) is 2. The van der Waals surface area contributed by atoms with Gasteiger partial charge < -0.3 is 0 Å². The van der Waals surface area contributed by atoms with Crippen LogP contribution in [0.1, 0.15) is 0 Å². The molecule has 2 aromatic carbocycles. The predicted octanol–water partition coefficient (Wildman–Crippen LogP) is 4.71. The maximum atomic E-state index is 5.87. The molecule has 0 aliphatic rings. The average Bonchev–Trinajstić information content (AvgIpc) is 2.39. The smallest absolute Gasteiger partial charge is 0.0898 e. The number of hydrogen-bond donors (Lipinski definition) is 0. The van der Waals surface area contributed by atoms with Gasteiger partial charge in [0.05, 0.1) is 22.9 Å². The Morgan fingerprint density at radius 1 is 0.944 bits per heavy atom. The second-order valence-corrected chi connectivity index (χ2v) is 5.25. The Balaban J connectivity index is 2.13. The van der Waals surface area contributed by atoms with E-state index in [9.17, 15) is 0 Å². The highest BCUT2D eigenvalue weighted by Gasteiger charge is 2.03. The Morgan fingerprint density at radius 3 is 2.50 bits per heavy atom. The van der Waals surface area contributed by atoms with Crippen molar-refractivity contribution in [1.29, 1.82) is 0 Å². The molecule has 0 aliphatic heterocycles. The highest BCUT2D eigenvalue weighted by Crippen LogP contribution is 2.22. The van der Waals surface area contributed by atoms with Crippen LogP contribution in [-0.4, -0.2) is 9.97 Å². The van der Waals surface area contributed by atoms with Crippen molar-refractivity contribution < 1.29 is 0 Å². The van der Waals surface area contributed by atoms with Gasteiger partial charge in [-0.15, -0.1) is 0 Å². The number of rotatable bonds is 1. The summed E-state index contributed by atoms with van der Waals surface area (Å²) in [5, 5.41) is 0.719. The van der Waals surface area contributed by atoms with Crippen LogP contribution >= 0.6 is 27.5 Å². The van der Waals surface area contributed by atoms with Gasteiger partial charge in [-0.05, 0) is 30.3 Å². The Kier molecular flexibility index (Phi) is 3.02. The second-order valence-electron chi connectivity index (χ2n) is 3.90. The van der Waals surface area contributed by atoms with Gasteiger partial charge in [0.25, 0.3) is 0 Å². The highest BCUT2D eigenvalue weighted by atomic mass is 79.9. The van der Waals surface area contributed by atoms with Crippen molar-refractivity contribution in [2.24, 2.45) is 0 Å². The molecule has 3 rings (SSSR count). The Morgan fingerprint density at radius 2 is 1.72 bits per heavy atom. The van der Waals surface area contributed by atoms with Gasteiger partial charge >= 0.3 is 0 Å². The Bertz CT molecular complexity index is 711. The number of hydrogen-bond acceptors (Lipinski definition) is 2. The van der Waals surface area contributed by atoms with E-state index >= 15 is 0 Å². The Hall–Kier alpha value is -1.45. The number of benzene rings is 2. The summed E-state index contributed by atoms with van der Waals surface area (Å²) >= 11 is 9.29. The van der Waals surface area contributed by atoms with E-state index in [0.717, 1.165) is 31.8 Å². The minimum atomic E-state index is 0.719. The van der Waals surface area contributed by atoms with E-state index in [1.165, 1.54) is 0 Å². The average molecular weight is 320 g/mol. The number of aromatic nitrogens is 2. The molecule has 0 unspecified atom stereocenters. The third-order valence-electron chi connectivity index (χ3n) is 2.64. The fourth-order valence-corrected chi connectivity index (χ4v) is 2.22.